The van der Waals surface area contributed by atoms with Gasteiger partial charge in [-0.15, -0.1) is 0 Å². The van der Waals surface area contributed by atoms with Gasteiger partial charge in [-0.05, 0) is 44.9 Å². The fraction of sp³-hybridized carbons (Fsp3) is 1.00. The lowest BCUT2D eigenvalue weighted by atomic mass is 9.81. The van der Waals surface area contributed by atoms with E-state index < -0.39 is 0 Å². The largest absolute Gasteiger partial charge is 0.309 e. The second-order valence-corrected chi connectivity index (χ2v) is 7.29. The van der Waals surface area contributed by atoms with Gasteiger partial charge in [0.25, 0.3) is 0 Å². The monoisotopic (exact) mass is 252 g/mol. The summed E-state index contributed by atoms with van der Waals surface area (Å²) in [5.41, 5.74) is 0.931. The summed E-state index contributed by atoms with van der Waals surface area (Å²) in [4.78, 5) is 2.80. The van der Waals surface area contributed by atoms with E-state index in [0.29, 0.717) is 11.0 Å². The molecule has 1 aliphatic heterocycles. The lowest BCUT2D eigenvalue weighted by Crippen LogP contribution is -2.62. The van der Waals surface area contributed by atoms with E-state index in [2.05, 4.69) is 37.9 Å². The Labute approximate surface area is 114 Å². The van der Waals surface area contributed by atoms with Gasteiger partial charge in [0.1, 0.15) is 0 Å². The lowest BCUT2D eigenvalue weighted by Gasteiger charge is -2.47. The van der Waals surface area contributed by atoms with Gasteiger partial charge in [0.2, 0.25) is 0 Å². The fourth-order valence-corrected chi connectivity index (χ4v) is 3.98. The molecular weight excluding hydrogens is 220 g/mol. The minimum absolute atomic E-state index is 0.291. The van der Waals surface area contributed by atoms with Gasteiger partial charge in [-0.3, -0.25) is 4.90 Å². The molecule has 0 amide bonds. The Bertz CT molecular complexity index is 266. The Balaban J connectivity index is 2.04. The van der Waals surface area contributed by atoms with Crippen LogP contribution in [-0.2, 0) is 0 Å². The first-order valence-electron chi connectivity index (χ1n) is 7.99. The highest BCUT2D eigenvalue weighted by Gasteiger charge is 2.39. The molecule has 1 aliphatic carbocycles. The van der Waals surface area contributed by atoms with E-state index in [1.165, 1.54) is 58.2 Å². The molecule has 0 radical (unpaired) electrons. The predicted octanol–water partition coefficient (Wildman–Crippen LogP) is 3.42. The molecule has 1 atom stereocenters. The summed E-state index contributed by atoms with van der Waals surface area (Å²) in [7, 11) is 0. The number of hydrogen-bond donors (Lipinski definition) is 1. The molecule has 2 nitrogen and oxygen atoms in total. The van der Waals surface area contributed by atoms with Gasteiger partial charge in [0.05, 0.1) is 0 Å². The molecule has 1 unspecified atom stereocenters. The second-order valence-electron chi connectivity index (χ2n) is 7.29. The second kappa shape index (κ2) is 5.50. The van der Waals surface area contributed by atoms with Crippen LogP contribution < -0.4 is 5.32 Å². The SMILES string of the molecule is CCC1CNC(C)(C)CN1CC1(CC)CCCC1. The van der Waals surface area contributed by atoms with Crippen LogP contribution in [0.2, 0.25) is 0 Å². The van der Waals surface area contributed by atoms with Crippen molar-refractivity contribution in [3.63, 3.8) is 0 Å². The third kappa shape index (κ3) is 3.08. The van der Waals surface area contributed by atoms with E-state index >= 15 is 0 Å². The molecule has 1 saturated heterocycles. The van der Waals surface area contributed by atoms with E-state index in [1.807, 2.05) is 0 Å². The van der Waals surface area contributed by atoms with Crippen molar-refractivity contribution in [2.24, 2.45) is 5.41 Å². The molecule has 1 saturated carbocycles. The Morgan fingerprint density at radius 1 is 1.17 bits per heavy atom. The zero-order valence-electron chi connectivity index (χ0n) is 12.9. The average molecular weight is 252 g/mol. The molecule has 2 aliphatic rings. The van der Waals surface area contributed by atoms with Crippen molar-refractivity contribution in [1.82, 2.24) is 10.2 Å². The molecular formula is C16H32N2. The van der Waals surface area contributed by atoms with Gasteiger partial charge < -0.3 is 5.32 Å². The van der Waals surface area contributed by atoms with E-state index in [-0.39, 0.29) is 0 Å². The number of nitrogens with one attached hydrogen (secondary N) is 1. The number of hydrogen-bond acceptors (Lipinski definition) is 2. The Morgan fingerprint density at radius 3 is 2.39 bits per heavy atom. The lowest BCUT2D eigenvalue weighted by molar-refractivity contribution is 0.0457. The Morgan fingerprint density at radius 2 is 1.83 bits per heavy atom. The van der Waals surface area contributed by atoms with Crippen molar-refractivity contribution >= 4 is 0 Å². The summed E-state index contributed by atoms with van der Waals surface area (Å²) in [6, 6.07) is 0.752. The van der Waals surface area contributed by atoms with E-state index in [4.69, 9.17) is 0 Å². The number of piperazine rings is 1. The van der Waals surface area contributed by atoms with Crippen molar-refractivity contribution in [2.75, 3.05) is 19.6 Å². The van der Waals surface area contributed by atoms with Crippen LogP contribution in [0.3, 0.4) is 0 Å². The smallest absolute Gasteiger partial charge is 0.0252 e. The summed E-state index contributed by atoms with van der Waals surface area (Å²) < 4.78 is 0. The standard InChI is InChI=1S/C16H32N2/c1-5-14-11-17-15(3,4)12-18(14)13-16(6-2)9-7-8-10-16/h14,17H,5-13H2,1-4H3. The molecule has 0 aromatic heterocycles. The minimum Gasteiger partial charge on any atom is -0.309 e. The van der Waals surface area contributed by atoms with Gasteiger partial charge in [-0.2, -0.15) is 0 Å². The maximum absolute atomic E-state index is 3.70. The van der Waals surface area contributed by atoms with Crippen molar-refractivity contribution in [3.05, 3.63) is 0 Å². The summed E-state index contributed by atoms with van der Waals surface area (Å²) in [5, 5.41) is 3.70. The Hall–Kier alpha value is -0.0800. The summed E-state index contributed by atoms with van der Waals surface area (Å²) in [5.74, 6) is 0. The maximum Gasteiger partial charge on any atom is 0.0252 e. The fourth-order valence-electron chi connectivity index (χ4n) is 3.98. The molecule has 18 heavy (non-hydrogen) atoms. The third-order valence-electron chi connectivity index (χ3n) is 5.35. The van der Waals surface area contributed by atoms with E-state index in [0.717, 1.165) is 6.04 Å². The van der Waals surface area contributed by atoms with Gasteiger partial charge in [0.15, 0.2) is 0 Å². The molecule has 0 aromatic carbocycles. The first kappa shape index (κ1) is 14.3. The summed E-state index contributed by atoms with van der Waals surface area (Å²) in [6.45, 7) is 13.2. The highest BCUT2D eigenvalue weighted by molar-refractivity contribution is 4.95. The minimum atomic E-state index is 0.291. The maximum atomic E-state index is 3.70. The highest BCUT2D eigenvalue weighted by atomic mass is 15.3. The topological polar surface area (TPSA) is 15.3 Å². The van der Waals surface area contributed by atoms with Crippen molar-refractivity contribution in [3.8, 4) is 0 Å². The van der Waals surface area contributed by atoms with Gasteiger partial charge >= 0.3 is 0 Å². The Kier molecular flexibility index (Phi) is 4.38. The van der Waals surface area contributed by atoms with Crippen molar-refractivity contribution < 1.29 is 0 Å². The molecule has 1 N–H and O–H groups in total. The quantitative estimate of drug-likeness (QED) is 0.825. The average Bonchev–Trinajstić information content (AvgIpc) is 2.78. The van der Waals surface area contributed by atoms with Crippen LogP contribution in [0.15, 0.2) is 0 Å². The molecule has 0 aromatic rings. The van der Waals surface area contributed by atoms with Crippen molar-refractivity contribution in [2.45, 2.75) is 77.8 Å². The van der Waals surface area contributed by atoms with Crippen LogP contribution in [0.25, 0.3) is 0 Å². The first-order chi connectivity index (χ1) is 8.50. The van der Waals surface area contributed by atoms with E-state index in [1.54, 1.807) is 0 Å². The number of rotatable bonds is 4. The van der Waals surface area contributed by atoms with E-state index in [9.17, 15) is 0 Å². The highest BCUT2D eigenvalue weighted by Crippen LogP contribution is 2.42. The zero-order valence-corrected chi connectivity index (χ0v) is 12.9. The predicted molar refractivity (Wildman–Crippen MR) is 78.9 cm³/mol. The van der Waals surface area contributed by atoms with Crippen LogP contribution in [0.4, 0.5) is 0 Å². The van der Waals surface area contributed by atoms with Crippen LogP contribution in [-0.4, -0.2) is 36.1 Å². The first-order valence-corrected chi connectivity index (χ1v) is 7.99. The molecule has 1 heterocycles. The normalized spacial score (nSPS) is 31.7. The van der Waals surface area contributed by atoms with Crippen molar-refractivity contribution in [1.29, 1.82) is 0 Å². The molecule has 2 rings (SSSR count). The van der Waals surface area contributed by atoms with Gasteiger partial charge in [-0.1, -0.05) is 26.7 Å². The third-order valence-corrected chi connectivity index (χ3v) is 5.35. The van der Waals surface area contributed by atoms with Crippen LogP contribution >= 0.6 is 0 Å². The molecule has 2 fully saturated rings. The molecule has 2 heteroatoms. The summed E-state index contributed by atoms with van der Waals surface area (Å²) >= 11 is 0. The number of nitrogens with zero attached hydrogens (tertiary/aromatic N) is 1. The molecule has 106 valence electrons. The zero-order chi connectivity index (χ0) is 13.2. The molecule has 0 spiro atoms. The van der Waals surface area contributed by atoms with Crippen LogP contribution in [0.5, 0.6) is 0 Å². The molecule has 0 bridgehead atoms. The van der Waals surface area contributed by atoms with Gasteiger partial charge in [0, 0.05) is 31.2 Å². The van der Waals surface area contributed by atoms with Gasteiger partial charge in [-0.25, -0.2) is 0 Å². The summed E-state index contributed by atoms with van der Waals surface area (Å²) in [6.07, 6.45) is 8.49. The van der Waals surface area contributed by atoms with Crippen LogP contribution in [0.1, 0.15) is 66.2 Å². The van der Waals surface area contributed by atoms with Crippen LogP contribution in [0, 0.1) is 5.41 Å².